The van der Waals surface area contributed by atoms with Gasteiger partial charge in [0.2, 0.25) is 0 Å². The molecule has 0 radical (unpaired) electrons. The normalized spacial score (nSPS) is 11.2. The lowest BCUT2D eigenvalue weighted by atomic mass is 10.2. The van der Waals surface area contributed by atoms with Crippen LogP contribution in [-0.4, -0.2) is 19.5 Å². The molecule has 2 N–H and O–H groups in total. The number of hydrogen-bond acceptors (Lipinski definition) is 5. The summed E-state index contributed by atoms with van der Waals surface area (Å²) in [5.41, 5.74) is 11.0. The van der Waals surface area contributed by atoms with Crippen molar-refractivity contribution in [3.05, 3.63) is 34.2 Å². The summed E-state index contributed by atoms with van der Waals surface area (Å²) < 4.78 is 2.16. The van der Waals surface area contributed by atoms with Crippen LogP contribution < -0.4 is 5.73 Å². The fraction of sp³-hybridized carbons (Fsp3) is 0.250. The van der Waals surface area contributed by atoms with E-state index in [1.54, 1.807) is 11.3 Å². The SMILES string of the molecule is Cc1c(C)n(Cc2cncs2)c2ncnc(N)c12. The summed E-state index contributed by atoms with van der Waals surface area (Å²) in [4.78, 5) is 13.7. The highest BCUT2D eigenvalue weighted by Crippen LogP contribution is 2.27. The molecule has 0 amide bonds. The molecule has 5 nitrogen and oxygen atoms in total. The van der Waals surface area contributed by atoms with Crippen LogP contribution in [0.4, 0.5) is 5.82 Å². The van der Waals surface area contributed by atoms with Gasteiger partial charge >= 0.3 is 0 Å². The van der Waals surface area contributed by atoms with Gasteiger partial charge in [-0.3, -0.25) is 4.98 Å². The zero-order valence-corrected chi connectivity index (χ0v) is 11.0. The Kier molecular flexibility index (Phi) is 2.52. The highest BCUT2D eigenvalue weighted by molar-refractivity contribution is 7.09. The summed E-state index contributed by atoms with van der Waals surface area (Å²) in [5.74, 6) is 0.545. The fourth-order valence-corrected chi connectivity index (χ4v) is 2.75. The first-order valence-electron chi connectivity index (χ1n) is 5.61. The van der Waals surface area contributed by atoms with Crippen LogP contribution in [0.3, 0.4) is 0 Å². The molecule has 0 aliphatic carbocycles. The Balaban J connectivity index is 2.23. The van der Waals surface area contributed by atoms with Gasteiger partial charge in [-0.25, -0.2) is 9.97 Å². The highest BCUT2D eigenvalue weighted by Gasteiger charge is 2.15. The first-order chi connectivity index (χ1) is 8.68. The van der Waals surface area contributed by atoms with Gasteiger partial charge in [0.05, 0.1) is 17.4 Å². The van der Waals surface area contributed by atoms with Crippen LogP contribution in [0.25, 0.3) is 11.0 Å². The zero-order valence-electron chi connectivity index (χ0n) is 10.2. The maximum Gasteiger partial charge on any atom is 0.146 e. The predicted molar refractivity (Wildman–Crippen MR) is 72.6 cm³/mol. The van der Waals surface area contributed by atoms with Crippen LogP contribution in [0.2, 0.25) is 0 Å². The Bertz CT molecular complexity index is 699. The quantitative estimate of drug-likeness (QED) is 0.765. The van der Waals surface area contributed by atoms with E-state index in [0.29, 0.717) is 5.82 Å². The second-order valence-electron chi connectivity index (χ2n) is 4.22. The Morgan fingerprint density at radius 3 is 2.89 bits per heavy atom. The molecule has 0 saturated carbocycles. The molecule has 0 spiro atoms. The third-order valence-electron chi connectivity index (χ3n) is 3.23. The summed E-state index contributed by atoms with van der Waals surface area (Å²) >= 11 is 1.64. The van der Waals surface area contributed by atoms with E-state index >= 15 is 0 Å². The summed E-state index contributed by atoms with van der Waals surface area (Å²) in [6.45, 7) is 4.91. The van der Waals surface area contributed by atoms with Crippen molar-refractivity contribution in [2.75, 3.05) is 5.73 Å². The minimum Gasteiger partial charge on any atom is -0.383 e. The molecule has 3 aromatic rings. The number of hydrogen-bond donors (Lipinski definition) is 1. The van der Waals surface area contributed by atoms with E-state index in [-0.39, 0.29) is 0 Å². The number of rotatable bonds is 2. The van der Waals surface area contributed by atoms with E-state index in [2.05, 4.69) is 33.4 Å². The van der Waals surface area contributed by atoms with Gasteiger partial charge in [-0.1, -0.05) is 0 Å². The van der Waals surface area contributed by atoms with Crippen LogP contribution in [0.15, 0.2) is 18.0 Å². The first-order valence-corrected chi connectivity index (χ1v) is 6.49. The van der Waals surface area contributed by atoms with E-state index in [0.717, 1.165) is 23.1 Å². The van der Waals surface area contributed by atoms with Gasteiger partial charge in [0.15, 0.2) is 0 Å². The van der Waals surface area contributed by atoms with Crippen LogP contribution >= 0.6 is 11.3 Å². The van der Waals surface area contributed by atoms with Crippen LogP contribution in [0.1, 0.15) is 16.1 Å². The highest BCUT2D eigenvalue weighted by atomic mass is 32.1. The maximum atomic E-state index is 5.94. The minimum atomic E-state index is 0.545. The van der Waals surface area contributed by atoms with E-state index in [1.807, 2.05) is 11.7 Å². The fourth-order valence-electron chi connectivity index (χ4n) is 2.17. The van der Waals surface area contributed by atoms with Crippen LogP contribution in [0.5, 0.6) is 0 Å². The molecule has 3 aromatic heterocycles. The predicted octanol–water partition coefficient (Wildman–Crippen LogP) is 2.14. The van der Waals surface area contributed by atoms with Crippen LogP contribution in [0, 0.1) is 13.8 Å². The molecule has 3 heterocycles. The topological polar surface area (TPSA) is 69.6 Å². The number of anilines is 1. The third kappa shape index (κ3) is 1.57. The van der Waals surface area contributed by atoms with Gasteiger partial charge in [0.1, 0.15) is 17.8 Å². The summed E-state index contributed by atoms with van der Waals surface area (Å²) in [6.07, 6.45) is 3.40. The van der Waals surface area contributed by atoms with E-state index in [4.69, 9.17) is 5.73 Å². The number of fused-ring (bicyclic) bond motifs is 1. The number of aryl methyl sites for hydroxylation is 1. The standard InChI is InChI=1S/C12H13N5S/c1-7-8(2)17(4-9-3-14-6-18-9)12-10(7)11(13)15-5-16-12/h3,5-6H,4H2,1-2H3,(H2,13,15,16). The molecule has 0 atom stereocenters. The van der Waals surface area contributed by atoms with Crippen molar-refractivity contribution < 1.29 is 0 Å². The molecule has 0 aromatic carbocycles. The Morgan fingerprint density at radius 1 is 1.33 bits per heavy atom. The monoisotopic (exact) mass is 259 g/mol. The summed E-state index contributed by atoms with van der Waals surface area (Å²) in [6, 6.07) is 0. The smallest absolute Gasteiger partial charge is 0.146 e. The largest absolute Gasteiger partial charge is 0.383 e. The van der Waals surface area contributed by atoms with Crippen molar-refractivity contribution >= 4 is 28.2 Å². The molecule has 18 heavy (non-hydrogen) atoms. The lowest BCUT2D eigenvalue weighted by Gasteiger charge is -2.05. The molecule has 92 valence electrons. The van der Waals surface area contributed by atoms with Gasteiger partial charge < -0.3 is 10.3 Å². The molecule has 0 bridgehead atoms. The molecule has 0 saturated heterocycles. The molecular weight excluding hydrogens is 246 g/mol. The second-order valence-corrected chi connectivity index (χ2v) is 5.19. The Labute approximate surface area is 108 Å². The van der Waals surface area contributed by atoms with Gasteiger partial charge in [-0.2, -0.15) is 0 Å². The zero-order chi connectivity index (χ0) is 12.7. The molecule has 6 heteroatoms. The van der Waals surface area contributed by atoms with Crippen molar-refractivity contribution in [1.29, 1.82) is 0 Å². The average molecular weight is 259 g/mol. The third-order valence-corrected chi connectivity index (χ3v) is 4.00. The number of thiazole rings is 1. The first kappa shape index (κ1) is 11.2. The molecule has 0 unspecified atom stereocenters. The number of nitrogens with two attached hydrogens (primary N) is 1. The molecule has 0 aliphatic heterocycles. The average Bonchev–Trinajstić information content (AvgIpc) is 2.94. The lowest BCUT2D eigenvalue weighted by Crippen LogP contribution is -2.02. The summed E-state index contributed by atoms with van der Waals surface area (Å²) in [7, 11) is 0. The van der Waals surface area contributed by atoms with Crippen molar-refractivity contribution in [3.63, 3.8) is 0 Å². The van der Waals surface area contributed by atoms with Gasteiger partial charge in [-0.15, -0.1) is 11.3 Å². The molecule has 0 aliphatic rings. The number of nitrogen functional groups attached to an aromatic ring is 1. The van der Waals surface area contributed by atoms with E-state index in [9.17, 15) is 0 Å². The Morgan fingerprint density at radius 2 is 2.17 bits per heavy atom. The molecule has 3 rings (SSSR count). The van der Waals surface area contributed by atoms with Crippen molar-refractivity contribution in [2.45, 2.75) is 20.4 Å². The van der Waals surface area contributed by atoms with E-state index < -0.39 is 0 Å². The Hall–Kier alpha value is -1.95. The van der Waals surface area contributed by atoms with Gasteiger partial charge in [-0.05, 0) is 19.4 Å². The molecular formula is C12H13N5S. The summed E-state index contributed by atoms with van der Waals surface area (Å²) in [5, 5.41) is 0.958. The lowest BCUT2D eigenvalue weighted by molar-refractivity contribution is 0.799. The van der Waals surface area contributed by atoms with Gasteiger partial charge in [0.25, 0.3) is 0 Å². The van der Waals surface area contributed by atoms with Crippen LogP contribution in [-0.2, 0) is 6.54 Å². The van der Waals surface area contributed by atoms with Gasteiger partial charge in [0, 0.05) is 16.8 Å². The van der Waals surface area contributed by atoms with Crippen molar-refractivity contribution in [2.24, 2.45) is 0 Å². The number of nitrogens with zero attached hydrogens (tertiary/aromatic N) is 4. The minimum absolute atomic E-state index is 0.545. The van der Waals surface area contributed by atoms with Crippen molar-refractivity contribution in [3.8, 4) is 0 Å². The molecule has 0 fully saturated rings. The maximum absolute atomic E-state index is 5.94. The van der Waals surface area contributed by atoms with Crippen molar-refractivity contribution in [1.82, 2.24) is 19.5 Å². The number of aromatic nitrogens is 4. The second kappa shape index (κ2) is 4.06. The van der Waals surface area contributed by atoms with E-state index in [1.165, 1.54) is 16.9 Å².